The van der Waals surface area contributed by atoms with Crippen molar-refractivity contribution in [2.45, 2.75) is 17.7 Å². The van der Waals surface area contributed by atoms with Crippen LogP contribution in [0.2, 0.25) is 5.02 Å². The van der Waals surface area contributed by atoms with Crippen molar-refractivity contribution in [1.82, 2.24) is 4.90 Å². The number of alkyl halides is 3. The van der Waals surface area contributed by atoms with E-state index in [4.69, 9.17) is 11.6 Å². The highest BCUT2D eigenvalue weighted by Crippen LogP contribution is 2.38. The summed E-state index contributed by atoms with van der Waals surface area (Å²) < 4.78 is 68.7. The Morgan fingerprint density at radius 1 is 1.03 bits per heavy atom. The Balaban J connectivity index is 1.67. The lowest BCUT2D eigenvalue weighted by Gasteiger charge is -2.15. The lowest BCUT2D eigenvalue weighted by atomic mass is 10.1. The number of amides is 2. The van der Waals surface area contributed by atoms with Crippen LogP contribution in [0.15, 0.2) is 77.1 Å². The van der Waals surface area contributed by atoms with E-state index in [1.54, 1.807) is 0 Å². The summed E-state index contributed by atoms with van der Waals surface area (Å²) in [5.74, 6) is -2.25. The molecule has 2 aliphatic rings. The smallest absolute Gasteiger partial charge is 0.512 e. The van der Waals surface area contributed by atoms with E-state index in [2.05, 4.69) is 9.46 Å². The minimum Gasteiger partial charge on any atom is -0.512 e. The third-order valence-corrected chi connectivity index (χ3v) is 6.63. The molecule has 35 heavy (non-hydrogen) atoms. The zero-order valence-corrected chi connectivity index (χ0v) is 18.9. The molecule has 2 amide bonds. The molecule has 8 nitrogen and oxygen atoms in total. The van der Waals surface area contributed by atoms with Crippen molar-refractivity contribution in [3.63, 3.8) is 0 Å². The maximum Gasteiger partial charge on any atom is 0.573 e. The fourth-order valence-corrected chi connectivity index (χ4v) is 4.75. The number of imide groups is 1. The molecule has 0 saturated heterocycles. The zero-order chi connectivity index (χ0) is 25.5. The van der Waals surface area contributed by atoms with Crippen LogP contribution in [0, 0.1) is 0 Å². The number of aliphatic hydroxyl groups excluding tert-OH is 1. The molecule has 0 atom stereocenters. The Morgan fingerprint density at radius 3 is 2.34 bits per heavy atom. The molecule has 2 N–H and O–H groups in total. The van der Waals surface area contributed by atoms with E-state index in [0.717, 1.165) is 29.2 Å². The SMILES string of the molecule is O=C1c2c(Cl)ccc(NS(=O)(=O)c3ccc(OC(F)(F)F)cc3)c2C(=O)N1C1=CCC(O)=CC=C1. The topological polar surface area (TPSA) is 113 Å². The second-order valence-corrected chi connectivity index (χ2v) is 9.36. The van der Waals surface area contributed by atoms with Crippen molar-refractivity contribution in [3.05, 3.63) is 88.3 Å². The van der Waals surface area contributed by atoms with Crippen LogP contribution in [-0.2, 0) is 10.0 Å². The molecular weight excluding hydrogens is 513 g/mol. The molecule has 0 aromatic heterocycles. The number of carbonyl (C=O) groups is 2. The molecule has 13 heteroatoms. The van der Waals surface area contributed by atoms with Gasteiger partial charge in [0, 0.05) is 12.1 Å². The second kappa shape index (κ2) is 8.78. The normalized spacial score (nSPS) is 15.9. The van der Waals surface area contributed by atoms with E-state index in [0.29, 0.717) is 0 Å². The number of halogens is 4. The van der Waals surface area contributed by atoms with Gasteiger partial charge in [-0.2, -0.15) is 0 Å². The van der Waals surface area contributed by atoms with Gasteiger partial charge in [-0.05, 0) is 48.6 Å². The van der Waals surface area contributed by atoms with Crippen LogP contribution >= 0.6 is 11.6 Å². The molecular formula is C22H14ClF3N2O6S. The summed E-state index contributed by atoms with van der Waals surface area (Å²) in [6.45, 7) is 0. The van der Waals surface area contributed by atoms with Crippen LogP contribution in [0.1, 0.15) is 27.1 Å². The Labute approximate surface area is 201 Å². The third-order valence-electron chi connectivity index (χ3n) is 4.93. The average molecular weight is 527 g/mol. The summed E-state index contributed by atoms with van der Waals surface area (Å²) in [6.07, 6.45) is 0.802. The van der Waals surface area contributed by atoms with Gasteiger partial charge in [-0.15, -0.1) is 13.2 Å². The Hall–Kier alpha value is -3.77. The number of aliphatic hydroxyl groups is 1. The molecule has 1 aliphatic heterocycles. The van der Waals surface area contributed by atoms with Gasteiger partial charge in [0.05, 0.1) is 32.5 Å². The lowest BCUT2D eigenvalue weighted by molar-refractivity contribution is -0.274. The molecule has 4 rings (SSSR count). The fourth-order valence-electron chi connectivity index (χ4n) is 3.44. The molecule has 182 valence electrons. The predicted molar refractivity (Wildman–Crippen MR) is 118 cm³/mol. The number of rotatable bonds is 5. The quantitative estimate of drug-likeness (QED) is 0.535. The number of hydrogen-bond acceptors (Lipinski definition) is 6. The highest BCUT2D eigenvalue weighted by Gasteiger charge is 2.41. The Morgan fingerprint density at radius 2 is 1.69 bits per heavy atom. The number of sulfonamides is 1. The molecule has 0 saturated carbocycles. The maximum atomic E-state index is 13.2. The van der Waals surface area contributed by atoms with E-state index in [1.807, 2.05) is 0 Å². The molecule has 1 heterocycles. The average Bonchev–Trinajstić information content (AvgIpc) is 2.89. The van der Waals surface area contributed by atoms with Crippen molar-refractivity contribution in [2.24, 2.45) is 0 Å². The number of ether oxygens (including phenoxy) is 1. The number of nitrogens with one attached hydrogen (secondary N) is 1. The first-order chi connectivity index (χ1) is 16.4. The number of nitrogens with zero attached hydrogens (tertiary/aromatic N) is 1. The predicted octanol–water partition coefficient (Wildman–Crippen LogP) is 4.92. The van der Waals surface area contributed by atoms with Crippen LogP contribution in [0.25, 0.3) is 0 Å². The summed E-state index contributed by atoms with van der Waals surface area (Å²) in [6, 6.07) is 5.84. The number of anilines is 1. The van der Waals surface area contributed by atoms with Crippen molar-refractivity contribution < 1.29 is 41.0 Å². The monoisotopic (exact) mass is 526 g/mol. The zero-order valence-electron chi connectivity index (χ0n) is 17.3. The molecule has 2 aromatic rings. The van der Waals surface area contributed by atoms with Crippen LogP contribution < -0.4 is 9.46 Å². The number of hydrogen-bond donors (Lipinski definition) is 2. The van der Waals surface area contributed by atoms with Crippen molar-refractivity contribution in [1.29, 1.82) is 0 Å². The minimum absolute atomic E-state index is 0.00555. The van der Waals surface area contributed by atoms with Gasteiger partial charge in [-0.25, -0.2) is 13.3 Å². The van der Waals surface area contributed by atoms with E-state index in [1.165, 1.54) is 36.4 Å². The van der Waals surface area contributed by atoms with E-state index in [-0.39, 0.29) is 39.7 Å². The summed E-state index contributed by atoms with van der Waals surface area (Å²) in [7, 11) is -4.39. The van der Waals surface area contributed by atoms with Crippen LogP contribution in [0.3, 0.4) is 0 Å². The first-order valence-electron chi connectivity index (χ1n) is 9.73. The van der Waals surface area contributed by atoms with Crippen LogP contribution in [0.5, 0.6) is 5.75 Å². The van der Waals surface area contributed by atoms with E-state index < -0.39 is 38.8 Å². The molecule has 0 spiro atoms. The summed E-state index contributed by atoms with van der Waals surface area (Å²) in [4.78, 5) is 26.6. The molecule has 0 fully saturated rings. The summed E-state index contributed by atoms with van der Waals surface area (Å²) in [5.41, 5.74) is -0.609. The van der Waals surface area contributed by atoms with Gasteiger partial charge < -0.3 is 9.84 Å². The van der Waals surface area contributed by atoms with E-state index in [9.17, 15) is 36.3 Å². The maximum absolute atomic E-state index is 13.2. The number of carbonyl (C=O) groups excluding carboxylic acids is 2. The lowest BCUT2D eigenvalue weighted by Crippen LogP contribution is -2.28. The Bertz CT molecular complexity index is 1430. The van der Waals surface area contributed by atoms with Crippen LogP contribution in [0.4, 0.5) is 18.9 Å². The van der Waals surface area contributed by atoms with Crippen molar-refractivity contribution in [3.8, 4) is 5.75 Å². The first-order valence-corrected chi connectivity index (χ1v) is 11.6. The molecule has 0 radical (unpaired) electrons. The number of allylic oxidation sites excluding steroid dienone is 4. The summed E-state index contributed by atoms with van der Waals surface area (Å²) in [5, 5.41) is 9.58. The van der Waals surface area contributed by atoms with Gasteiger partial charge in [-0.1, -0.05) is 23.8 Å². The molecule has 1 aliphatic carbocycles. The largest absolute Gasteiger partial charge is 0.573 e. The molecule has 0 unspecified atom stereocenters. The van der Waals surface area contributed by atoms with Gasteiger partial charge in [-0.3, -0.25) is 14.3 Å². The van der Waals surface area contributed by atoms with Crippen molar-refractivity contribution in [2.75, 3.05) is 4.72 Å². The van der Waals surface area contributed by atoms with Gasteiger partial charge in [0.25, 0.3) is 21.8 Å². The second-order valence-electron chi connectivity index (χ2n) is 7.27. The molecule has 2 aromatic carbocycles. The summed E-state index contributed by atoms with van der Waals surface area (Å²) >= 11 is 6.15. The van der Waals surface area contributed by atoms with Gasteiger partial charge in [0.1, 0.15) is 5.75 Å². The Kier molecular flexibility index (Phi) is 6.11. The minimum atomic E-state index is -4.95. The number of fused-ring (bicyclic) bond motifs is 1. The highest BCUT2D eigenvalue weighted by molar-refractivity contribution is 7.92. The van der Waals surface area contributed by atoms with Crippen molar-refractivity contribution >= 4 is 39.1 Å². The van der Waals surface area contributed by atoms with Crippen LogP contribution in [-0.4, -0.2) is 36.6 Å². The van der Waals surface area contributed by atoms with Gasteiger partial charge >= 0.3 is 6.36 Å². The molecule has 0 bridgehead atoms. The van der Waals surface area contributed by atoms with Gasteiger partial charge in [0.2, 0.25) is 0 Å². The van der Waals surface area contributed by atoms with E-state index >= 15 is 0 Å². The van der Waals surface area contributed by atoms with Gasteiger partial charge in [0.15, 0.2) is 0 Å². The fraction of sp³-hybridized carbons (Fsp3) is 0.0909. The number of benzene rings is 2. The first kappa shape index (κ1) is 24.4. The third kappa shape index (κ3) is 4.88. The highest BCUT2D eigenvalue weighted by atomic mass is 35.5. The standard InChI is InChI=1S/C22H14ClF3N2O6S/c23-16-10-11-17(27-35(32,33)15-8-6-14(7-9-15)34-22(24,25)26)19-18(16)20(30)28(21(19)31)12-2-1-3-13(29)5-4-12/h1-4,6-11,27,29H,5H2.